The second kappa shape index (κ2) is 7.25. The summed E-state index contributed by atoms with van der Waals surface area (Å²) in [5.74, 6) is 9.77. The zero-order valence-corrected chi connectivity index (χ0v) is 14.9. The molecule has 0 aromatic carbocycles. The first-order valence-electron chi connectivity index (χ1n) is 7.77. The predicted molar refractivity (Wildman–Crippen MR) is 93.7 cm³/mol. The van der Waals surface area contributed by atoms with Crippen LogP contribution in [0.15, 0.2) is 16.7 Å². The topological polar surface area (TPSA) is 173 Å². The Morgan fingerprint density at radius 1 is 1.63 bits per heavy atom. The van der Waals surface area contributed by atoms with E-state index in [9.17, 15) is 14.6 Å². The van der Waals surface area contributed by atoms with E-state index < -0.39 is 36.8 Å². The molecule has 1 aliphatic heterocycles. The van der Waals surface area contributed by atoms with Crippen molar-refractivity contribution in [1.82, 2.24) is 19.5 Å². The van der Waals surface area contributed by atoms with Crippen molar-refractivity contribution in [2.45, 2.75) is 37.0 Å². The molecule has 1 aliphatic rings. The lowest BCUT2D eigenvalue weighted by atomic mass is 9.90. The largest absolute Gasteiger partial charge is 0.391 e. The quantitative estimate of drug-likeness (QED) is 0.155. The number of aliphatic hydroxyl groups excluding tert-OH is 2. The Kier molecular flexibility index (Phi) is 5.18. The summed E-state index contributed by atoms with van der Waals surface area (Å²) in [6.07, 6.45) is -3.28. The number of nitrogens with one attached hydrogen (secondary N) is 1. The number of H-pyrrole nitrogens is 1. The lowest BCUT2D eigenvalue weighted by Crippen LogP contribution is -2.54. The van der Waals surface area contributed by atoms with Crippen LogP contribution in [-0.2, 0) is 4.74 Å². The highest BCUT2D eigenvalue weighted by Crippen LogP contribution is 2.39. The molecular formula is C14H17FN8O3S. The Morgan fingerprint density at radius 2 is 2.37 bits per heavy atom. The average molecular weight is 396 g/mol. The number of imidazole rings is 1. The van der Waals surface area contributed by atoms with E-state index in [0.717, 1.165) is 0 Å². The maximum absolute atomic E-state index is 12.6. The van der Waals surface area contributed by atoms with Crippen molar-refractivity contribution in [1.29, 1.82) is 0 Å². The van der Waals surface area contributed by atoms with Crippen LogP contribution < -0.4 is 11.6 Å². The van der Waals surface area contributed by atoms with Crippen molar-refractivity contribution in [2.24, 2.45) is 21.9 Å². The summed E-state index contributed by atoms with van der Waals surface area (Å²) in [6, 6.07) is 0. The average Bonchev–Trinajstić information content (AvgIpc) is 3.14. The number of nitrogens with two attached hydrogens (primary N) is 2. The molecule has 2 aromatic rings. The van der Waals surface area contributed by atoms with Gasteiger partial charge in [0.1, 0.15) is 30.0 Å². The number of aliphatic hydroxyl groups is 2. The fraction of sp³-hybridized carbons (Fsp3) is 0.500. The van der Waals surface area contributed by atoms with Gasteiger partial charge in [-0.05, 0) is 6.92 Å². The summed E-state index contributed by atoms with van der Waals surface area (Å²) in [5, 5.41) is 27.2. The minimum atomic E-state index is -1.73. The number of ether oxygens (including phenoxy) is 1. The number of alkyl halides is 1. The highest BCUT2D eigenvalue weighted by molar-refractivity contribution is 7.71. The second-order valence-electron chi connectivity index (χ2n) is 5.94. The number of aromatic nitrogens is 4. The first-order valence-corrected chi connectivity index (χ1v) is 8.18. The predicted octanol–water partition coefficient (Wildman–Crippen LogP) is -0.244. The lowest BCUT2D eigenvalue weighted by molar-refractivity contribution is -0.0756. The van der Waals surface area contributed by atoms with Gasteiger partial charge in [0.25, 0.3) is 5.95 Å². The third kappa shape index (κ3) is 3.17. The van der Waals surface area contributed by atoms with E-state index in [1.165, 1.54) is 17.8 Å². The normalized spacial score (nSPS) is 29.1. The Morgan fingerprint density at radius 3 is 3.00 bits per heavy atom. The van der Waals surface area contributed by atoms with Gasteiger partial charge in [0.05, 0.1) is 12.4 Å². The molecule has 1 unspecified atom stereocenters. The summed E-state index contributed by atoms with van der Waals surface area (Å²) in [5.41, 5.74) is 5.17. The highest BCUT2D eigenvalue weighted by atomic mass is 32.1. The smallest absolute Gasteiger partial charge is 0.251 e. The van der Waals surface area contributed by atoms with Gasteiger partial charge >= 0.3 is 0 Å². The molecule has 1 fully saturated rings. The van der Waals surface area contributed by atoms with Crippen molar-refractivity contribution in [3.8, 4) is 11.8 Å². The molecule has 0 bridgehead atoms. The van der Waals surface area contributed by atoms with Gasteiger partial charge in [0, 0.05) is 0 Å². The van der Waals surface area contributed by atoms with Gasteiger partial charge in [-0.15, -0.1) is 0 Å². The Bertz CT molecular complexity index is 996. The van der Waals surface area contributed by atoms with E-state index in [-0.39, 0.29) is 10.6 Å². The Balaban J connectivity index is 2.19. The zero-order valence-electron chi connectivity index (χ0n) is 14.1. The van der Waals surface area contributed by atoms with Gasteiger partial charge < -0.3 is 31.5 Å². The maximum atomic E-state index is 12.6. The molecule has 7 N–H and O–H groups in total. The standard InChI is InChI=1S/C14H17FN8O3S/c1-6(24)8-9(25)14(16,3-2-4-15)12(26-8)23-5-18-7-10(23)19-13(21-22-17)20-11(7)27/h5-6,8-9,12,24-25H,4,16H2,1H3,(H3,17,19,20,21,27)/t6-,8+,9?,12+,14+/m0/s1. The third-order valence-electron chi connectivity index (χ3n) is 4.18. The fourth-order valence-electron chi connectivity index (χ4n) is 2.95. The molecule has 27 heavy (non-hydrogen) atoms. The van der Waals surface area contributed by atoms with E-state index in [4.69, 9.17) is 28.5 Å². The van der Waals surface area contributed by atoms with E-state index in [1.54, 1.807) is 0 Å². The van der Waals surface area contributed by atoms with E-state index >= 15 is 0 Å². The molecule has 11 nitrogen and oxygen atoms in total. The molecule has 0 aliphatic carbocycles. The van der Waals surface area contributed by atoms with E-state index in [1.807, 2.05) is 0 Å². The van der Waals surface area contributed by atoms with E-state index in [2.05, 4.69) is 37.1 Å². The van der Waals surface area contributed by atoms with Crippen molar-refractivity contribution >= 4 is 29.3 Å². The van der Waals surface area contributed by atoms with Crippen molar-refractivity contribution in [3.63, 3.8) is 0 Å². The van der Waals surface area contributed by atoms with Crippen LogP contribution in [0.1, 0.15) is 13.2 Å². The number of aromatic amines is 1. The van der Waals surface area contributed by atoms with E-state index in [0.29, 0.717) is 11.2 Å². The molecule has 0 saturated carbocycles. The fourth-order valence-corrected chi connectivity index (χ4v) is 3.19. The van der Waals surface area contributed by atoms with Crippen LogP contribution in [0.2, 0.25) is 0 Å². The number of nitrogens with zero attached hydrogens (tertiary/aromatic N) is 5. The summed E-state index contributed by atoms with van der Waals surface area (Å²) < 4.78 is 19.9. The molecule has 2 aromatic heterocycles. The molecule has 5 atom stereocenters. The minimum absolute atomic E-state index is 0.0137. The van der Waals surface area contributed by atoms with Crippen LogP contribution in [0.4, 0.5) is 10.3 Å². The van der Waals surface area contributed by atoms with Crippen LogP contribution in [0.25, 0.3) is 11.2 Å². The summed E-state index contributed by atoms with van der Waals surface area (Å²) in [6.45, 7) is 0.470. The second-order valence-corrected chi connectivity index (χ2v) is 6.32. The van der Waals surface area contributed by atoms with Crippen LogP contribution in [0, 0.1) is 16.5 Å². The number of rotatable bonds is 3. The summed E-state index contributed by atoms with van der Waals surface area (Å²) in [4.78, 5) is 11.0. The summed E-state index contributed by atoms with van der Waals surface area (Å²) in [7, 11) is 0. The third-order valence-corrected chi connectivity index (χ3v) is 4.47. The minimum Gasteiger partial charge on any atom is -0.391 e. The van der Waals surface area contributed by atoms with Gasteiger partial charge in [-0.3, -0.25) is 4.57 Å². The molecule has 0 amide bonds. The zero-order chi connectivity index (χ0) is 19.8. The number of halogens is 1. The maximum Gasteiger partial charge on any atom is 0.251 e. The Hall–Kier alpha value is -2.50. The molecular weight excluding hydrogens is 379 g/mol. The SMILES string of the molecule is C[C@H](O)[C@H]1O[C@@H](n2cnc3c(=S)nc(N=NN)[nH]c32)[C@@](N)(C#CCF)C1O. The number of hydrogen-bond acceptors (Lipinski definition) is 9. The van der Waals surface area contributed by atoms with Gasteiger partial charge in [-0.2, -0.15) is 4.98 Å². The first kappa shape index (κ1) is 19.3. The van der Waals surface area contributed by atoms with Crippen molar-refractivity contribution in [2.75, 3.05) is 6.67 Å². The van der Waals surface area contributed by atoms with Crippen molar-refractivity contribution < 1.29 is 19.3 Å². The molecule has 3 rings (SSSR count). The summed E-state index contributed by atoms with van der Waals surface area (Å²) >= 11 is 5.17. The van der Waals surface area contributed by atoms with Gasteiger partial charge in [0.15, 0.2) is 16.4 Å². The molecule has 144 valence electrons. The van der Waals surface area contributed by atoms with Gasteiger partial charge in [-0.1, -0.05) is 34.4 Å². The molecule has 0 spiro atoms. The molecule has 3 heterocycles. The van der Waals surface area contributed by atoms with Gasteiger partial charge in [-0.25, -0.2) is 9.37 Å². The number of fused-ring (bicyclic) bond motifs is 1. The molecule has 0 radical (unpaired) electrons. The van der Waals surface area contributed by atoms with Crippen LogP contribution >= 0.6 is 12.2 Å². The Labute approximate surface area is 157 Å². The molecule has 13 heteroatoms. The van der Waals surface area contributed by atoms with Crippen LogP contribution in [-0.4, -0.2) is 60.3 Å². The lowest BCUT2D eigenvalue weighted by Gasteiger charge is -2.28. The van der Waals surface area contributed by atoms with Crippen molar-refractivity contribution in [3.05, 3.63) is 11.0 Å². The molecule has 1 saturated heterocycles. The monoisotopic (exact) mass is 396 g/mol. The first-order chi connectivity index (χ1) is 12.8. The number of hydrogen-bond donors (Lipinski definition) is 5. The highest BCUT2D eigenvalue weighted by Gasteiger charge is 2.55. The van der Waals surface area contributed by atoms with Crippen LogP contribution in [0.3, 0.4) is 0 Å². The van der Waals surface area contributed by atoms with Crippen LogP contribution in [0.5, 0.6) is 0 Å². The van der Waals surface area contributed by atoms with Gasteiger partial charge in [0.2, 0.25) is 0 Å².